The fraction of sp³-hybridized carbons (Fsp3) is 0.611. The van der Waals surface area contributed by atoms with Crippen LogP contribution >= 0.6 is 0 Å². The number of carbonyl (C=O) groups is 1. The van der Waals surface area contributed by atoms with Crippen molar-refractivity contribution in [3.8, 4) is 0 Å². The summed E-state index contributed by atoms with van der Waals surface area (Å²) < 4.78 is 14.5. The summed E-state index contributed by atoms with van der Waals surface area (Å²) in [5.41, 5.74) is 2.17. The number of carbonyl (C=O) groups excluding carboxylic acids is 1. The van der Waals surface area contributed by atoms with E-state index in [0.29, 0.717) is 13.0 Å². The van der Waals surface area contributed by atoms with Crippen molar-refractivity contribution in [3.05, 3.63) is 29.8 Å². The molecule has 5 heteroatoms. The van der Waals surface area contributed by atoms with Crippen LogP contribution in [0.3, 0.4) is 0 Å². The van der Waals surface area contributed by atoms with E-state index in [1.807, 2.05) is 26.0 Å². The van der Waals surface area contributed by atoms with Gasteiger partial charge in [0.2, 0.25) is 5.91 Å². The third-order valence-electron chi connectivity index (χ3n) is 3.56. The molecule has 0 aliphatic carbocycles. The van der Waals surface area contributed by atoms with Gasteiger partial charge in [-0.05, 0) is 57.2 Å². The number of anilines is 1. The first-order valence-electron chi connectivity index (χ1n) is 8.55. The molecule has 0 saturated carbocycles. The molecule has 0 aromatic heterocycles. The molecule has 0 aliphatic heterocycles. The Morgan fingerprint density at radius 3 is 2.48 bits per heavy atom. The van der Waals surface area contributed by atoms with Crippen LogP contribution in [0.2, 0.25) is 0 Å². The van der Waals surface area contributed by atoms with Crippen LogP contribution in [0.4, 0.5) is 5.69 Å². The van der Waals surface area contributed by atoms with Crippen molar-refractivity contribution in [2.24, 2.45) is 0 Å². The Labute approximate surface area is 143 Å². The highest BCUT2D eigenvalue weighted by atomic mass is 32.2. The second kappa shape index (κ2) is 11.5. The molecule has 1 aromatic carbocycles. The van der Waals surface area contributed by atoms with Crippen LogP contribution in [0.15, 0.2) is 24.3 Å². The predicted molar refractivity (Wildman–Crippen MR) is 98.8 cm³/mol. The van der Waals surface area contributed by atoms with E-state index < -0.39 is 11.4 Å². The van der Waals surface area contributed by atoms with Crippen LogP contribution < -0.4 is 10.0 Å². The van der Waals surface area contributed by atoms with Crippen LogP contribution in [0, 0.1) is 0 Å². The molecule has 0 heterocycles. The summed E-state index contributed by atoms with van der Waals surface area (Å²) in [6.45, 7) is 6.71. The maximum atomic E-state index is 11.9. The monoisotopic (exact) mass is 338 g/mol. The summed E-state index contributed by atoms with van der Waals surface area (Å²) >= 11 is -0.973. The van der Waals surface area contributed by atoms with Gasteiger partial charge in [-0.1, -0.05) is 25.5 Å². The first-order valence-corrected chi connectivity index (χ1v) is 9.77. The van der Waals surface area contributed by atoms with Gasteiger partial charge >= 0.3 is 0 Å². The molecule has 0 radical (unpaired) electrons. The lowest BCUT2D eigenvalue weighted by Gasteiger charge is -2.14. The van der Waals surface area contributed by atoms with Crippen LogP contribution in [-0.4, -0.2) is 22.3 Å². The molecule has 23 heavy (non-hydrogen) atoms. The smallest absolute Gasteiger partial charge is 0.224 e. The Morgan fingerprint density at radius 2 is 1.87 bits per heavy atom. The lowest BCUT2D eigenvalue weighted by Crippen LogP contribution is -2.31. The quantitative estimate of drug-likeness (QED) is 0.476. The van der Waals surface area contributed by atoms with Gasteiger partial charge in [0.05, 0.1) is 0 Å². The third-order valence-corrected chi connectivity index (χ3v) is 4.90. The number of hydrogen-bond acceptors (Lipinski definition) is 3. The zero-order chi connectivity index (χ0) is 17.1. The minimum atomic E-state index is -0.973. The Bertz CT molecular complexity index is 449. The van der Waals surface area contributed by atoms with Gasteiger partial charge in [0.15, 0.2) is 0 Å². The number of benzene rings is 1. The molecule has 2 N–H and O–H groups in total. The molecule has 1 amide bonds. The second-order valence-electron chi connectivity index (χ2n) is 6.05. The fourth-order valence-electron chi connectivity index (χ4n) is 2.11. The van der Waals surface area contributed by atoms with E-state index in [1.165, 1.54) is 18.4 Å². The van der Waals surface area contributed by atoms with E-state index in [1.54, 1.807) is 0 Å². The summed E-state index contributed by atoms with van der Waals surface area (Å²) in [6, 6.07) is 8.10. The van der Waals surface area contributed by atoms with Crippen molar-refractivity contribution in [2.45, 2.75) is 64.5 Å². The van der Waals surface area contributed by atoms with Gasteiger partial charge < -0.3 is 9.87 Å². The summed E-state index contributed by atoms with van der Waals surface area (Å²) in [7, 11) is 0. The average Bonchev–Trinajstić information content (AvgIpc) is 2.53. The van der Waals surface area contributed by atoms with Crippen molar-refractivity contribution >= 4 is 23.0 Å². The van der Waals surface area contributed by atoms with Crippen LogP contribution in [0.25, 0.3) is 0 Å². The van der Waals surface area contributed by atoms with Gasteiger partial charge in [-0.15, -0.1) is 4.72 Å². The molecule has 1 unspecified atom stereocenters. The molecule has 1 atom stereocenters. The van der Waals surface area contributed by atoms with E-state index in [9.17, 15) is 9.35 Å². The molecule has 0 bridgehead atoms. The maximum absolute atomic E-state index is 11.9. The number of aryl methyl sites for hydroxylation is 1. The van der Waals surface area contributed by atoms with E-state index in [0.717, 1.165) is 24.9 Å². The van der Waals surface area contributed by atoms with Crippen molar-refractivity contribution < 1.29 is 9.35 Å². The number of nitrogens with one attached hydrogen (secondary N) is 2. The first kappa shape index (κ1) is 20.0. The van der Waals surface area contributed by atoms with Crippen molar-refractivity contribution in [3.63, 3.8) is 0 Å². The fourth-order valence-corrected chi connectivity index (χ4v) is 2.79. The number of hydrogen-bond donors (Lipinski definition) is 2. The van der Waals surface area contributed by atoms with Gasteiger partial charge in [-0.25, -0.2) is 0 Å². The molecule has 4 nitrogen and oxygen atoms in total. The molecular formula is C18H30N2O2S. The molecular weight excluding hydrogens is 308 g/mol. The SMILES string of the molecule is CCCCc1ccc(NC(=O)CCCCN[S+]([O-])C(C)C)cc1. The summed E-state index contributed by atoms with van der Waals surface area (Å²) in [5, 5.41) is 3.05. The third kappa shape index (κ3) is 8.98. The maximum Gasteiger partial charge on any atom is 0.224 e. The minimum Gasteiger partial charge on any atom is -0.598 e. The highest BCUT2D eigenvalue weighted by Gasteiger charge is 2.10. The van der Waals surface area contributed by atoms with Gasteiger partial charge in [0, 0.05) is 30.0 Å². The van der Waals surface area contributed by atoms with E-state index >= 15 is 0 Å². The van der Waals surface area contributed by atoms with Crippen LogP contribution in [-0.2, 0) is 22.6 Å². The standard InChI is InChI=1S/C18H30N2O2S/c1-4-5-8-16-10-12-17(13-11-16)20-18(21)9-6-7-14-19-23(22)15(2)3/h10-13,15,19H,4-9,14H2,1-3H3,(H,20,21). The Kier molecular flexibility index (Phi) is 9.99. The normalized spacial score (nSPS) is 12.4. The zero-order valence-corrected chi connectivity index (χ0v) is 15.4. The van der Waals surface area contributed by atoms with Crippen LogP contribution in [0.1, 0.15) is 58.4 Å². The molecule has 0 aliphatic rings. The number of unbranched alkanes of at least 4 members (excludes halogenated alkanes) is 2. The summed E-state index contributed by atoms with van der Waals surface area (Å²) in [5.74, 6) is 0.0382. The van der Waals surface area contributed by atoms with Crippen molar-refractivity contribution in [1.29, 1.82) is 0 Å². The van der Waals surface area contributed by atoms with Gasteiger partial charge in [-0.2, -0.15) is 0 Å². The summed E-state index contributed by atoms with van der Waals surface area (Å²) in [4.78, 5) is 11.9. The van der Waals surface area contributed by atoms with Gasteiger partial charge in [-0.3, -0.25) is 4.79 Å². The van der Waals surface area contributed by atoms with Gasteiger partial charge in [0.25, 0.3) is 0 Å². The first-order chi connectivity index (χ1) is 11.0. The topological polar surface area (TPSA) is 64.2 Å². The van der Waals surface area contributed by atoms with Gasteiger partial charge in [0.1, 0.15) is 5.25 Å². The lowest BCUT2D eigenvalue weighted by atomic mass is 10.1. The average molecular weight is 339 g/mol. The number of rotatable bonds is 11. The highest BCUT2D eigenvalue weighted by Crippen LogP contribution is 2.12. The molecule has 1 rings (SSSR count). The molecule has 130 valence electrons. The Balaban J connectivity index is 2.18. The van der Waals surface area contributed by atoms with Crippen molar-refractivity contribution in [2.75, 3.05) is 11.9 Å². The van der Waals surface area contributed by atoms with E-state index in [-0.39, 0.29) is 11.2 Å². The van der Waals surface area contributed by atoms with Crippen molar-refractivity contribution in [1.82, 2.24) is 4.72 Å². The van der Waals surface area contributed by atoms with E-state index in [2.05, 4.69) is 29.1 Å². The minimum absolute atomic E-state index is 0.0382. The Hall–Kier alpha value is -1.04. The van der Waals surface area contributed by atoms with Crippen LogP contribution in [0.5, 0.6) is 0 Å². The molecule has 0 spiro atoms. The lowest BCUT2D eigenvalue weighted by molar-refractivity contribution is -0.116. The predicted octanol–water partition coefficient (Wildman–Crippen LogP) is 3.80. The second-order valence-corrected chi connectivity index (χ2v) is 7.87. The molecule has 1 aromatic rings. The Morgan fingerprint density at radius 1 is 1.17 bits per heavy atom. The van der Waals surface area contributed by atoms with E-state index in [4.69, 9.17) is 0 Å². The number of amides is 1. The highest BCUT2D eigenvalue weighted by molar-refractivity contribution is 7.90. The molecule has 0 fully saturated rings. The molecule has 0 saturated heterocycles. The zero-order valence-electron chi connectivity index (χ0n) is 14.6. The summed E-state index contributed by atoms with van der Waals surface area (Å²) in [6.07, 6.45) is 5.62. The largest absolute Gasteiger partial charge is 0.598 e.